The van der Waals surface area contributed by atoms with E-state index in [2.05, 4.69) is 10.6 Å². The van der Waals surface area contributed by atoms with Crippen molar-refractivity contribution in [1.29, 1.82) is 0 Å². The molecule has 0 spiro atoms. The van der Waals surface area contributed by atoms with Crippen LogP contribution in [0, 0.1) is 0 Å². The molecule has 0 saturated carbocycles. The summed E-state index contributed by atoms with van der Waals surface area (Å²) in [6.45, 7) is 4.30. The van der Waals surface area contributed by atoms with E-state index >= 15 is 0 Å². The van der Waals surface area contributed by atoms with Crippen molar-refractivity contribution in [3.63, 3.8) is 0 Å². The first-order valence-electron chi connectivity index (χ1n) is 6.88. The molecular weight excluding hydrogens is 232 g/mol. The Morgan fingerprint density at radius 1 is 1.33 bits per heavy atom. The molecule has 5 nitrogen and oxygen atoms in total. The van der Waals surface area contributed by atoms with Crippen molar-refractivity contribution in [1.82, 2.24) is 10.6 Å². The Labute approximate surface area is 108 Å². The third-order valence-electron chi connectivity index (χ3n) is 4.12. The van der Waals surface area contributed by atoms with Gasteiger partial charge in [0.25, 0.3) is 0 Å². The molecule has 2 saturated heterocycles. The van der Waals surface area contributed by atoms with Crippen LogP contribution in [0.5, 0.6) is 0 Å². The Balaban J connectivity index is 1.83. The summed E-state index contributed by atoms with van der Waals surface area (Å²) in [5.74, 6) is 0.00196. The fourth-order valence-electron chi connectivity index (χ4n) is 2.62. The van der Waals surface area contributed by atoms with Crippen molar-refractivity contribution < 1.29 is 14.6 Å². The molecule has 5 heteroatoms. The van der Waals surface area contributed by atoms with Crippen LogP contribution in [0.15, 0.2) is 0 Å². The number of carbonyl (C=O) groups is 1. The third-order valence-corrected chi connectivity index (χ3v) is 4.12. The van der Waals surface area contributed by atoms with Gasteiger partial charge in [0.15, 0.2) is 0 Å². The van der Waals surface area contributed by atoms with Gasteiger partial charge in [-0.3, -0.25) is 4.79 Å². The quantitative estimate of drug-likeness (QED) is 0.673. The van der Waals surface area contributed by atoms with Crippen molar-refractivity contribution in [3.8, 4) is 0 Å². The van der Waals surface area contributed by atoms with Gasteiger partial charge in [-0.2, -0.15) is 0 Å². The monoisotopic (exact) mass is 256 g/mol. The molecule has 2 fully saturated rings. The van der Waals surface area contributed by atoms with Crippen molar-refractivity contribution in [2.24, 2.45) is 0 Å². The first-order valence-corrected chi connectivity index (χ1v) is 6.88. The molecule has 0 aromatic heterocycles. The van der Waals surface area contributed by atoms with E-state index in [0.29, 0.717) is 32.6 Å². The maximum absolute atomic E-state index is 12.2. The predicted molar refractivity (Wildman–Crippen MR) is 68.3 cm³/mol. The van der Waals surface area contributed by atoms with Gasteiger partial charge >= 0.3 is 0 Å². The summed E-state index contributed by atoms with van der Waals surface area (Å²) in [4.78, 5) is 12.2. The van der Waals surface area contributed by atoms with E-state index in [1.54, 1.807) is 0 Å². The van der Waals surface area contributed by atoms with Crippen LogP contribution in [0.4, 0.5) is 0 Å². The average Bonchev–Trinajstić information content (AvgIpc) is 2.38. The minimum Gasteiger partial charge on any atom is -0.388 e. The molecule has 2 aliphatic heterocycles. The summed E-state index contributed by atoms with van der Waals surface area (Å²) < 4.78 is 5.22. The number of piperidine rings is 1. The first-order chi connectivity index (χ1) is 8.54. The van der Waals surface area contributed by atoms with E-state index in [1.165, 1.54) is 0 Å². The van der Waals surface area contributed by atoms with Gasteiger partial charge < -0.3 is 20.5 Å². The number of aliphatic hydroxyl groups is 1. The topological polar surface area (TPSA) is 70.6 Å². The van der Waals surface area contributed by atoms with Gasteiger partial charge in [0.2, 0.25) is 5.91 Å². The zero-order valence-corrected chi connectivity index (χ0v) is 11.1. The lowest BCUT2D eigenvalue weighted by Crippen LogP contribution is -2.59. The van der Waals surface area contributed by atoms with Crippen LogP contribution in [-0.2, 0) is 9.53 Å². The van der Waals surface area contributed by atoms with E-state index in [4.69, 9.17) is 4.74 Å². The number of nitrogens with one attached hydrogen (secondary N) is 2. The smallest absolute Gasteiger partial charge is 0.240 e. The maximum atomic E-state index is 12.2. The summed E-state index contributed by atoms with van der Waals surface area (Å²) in [6.07, 6.45) is 4.26. The predicted octanol–water partition coefficient (Wildman–Crippen LogP) is 0.176. The highest BCUT2D eigenvalue weighted by Crippen LogP contribution is 2.21. The standard InChI is InChI=1S/C13H24N2O3/c1-12(4-2-3-7-15-12)11(16)14-10-13(17)5-8-18-9-6-13/h15,17H,2-10H2,1H3,(H,14,16). The second kappa shape index (κ2) is 5.55. The molecule has 0 aromatic carbocycles. The van der Waals surface area contributed by atoms with Crippen molar-refractivity contribution >= 4 is 5.91 Å². The Morgan fingerprint density at radius 2 is 2.06 bits per heavy atom. The molecule has 2 heterocycles. The summed E-state index contributed by atoms with van der Waals surface area (Å²) in [5.41, 5.74) is -1.27. The molecule has 0 aromatic rings. The minimum absolute atomic E-state index is 0.00196. The van der Waals surface area contributed by atoms with E-state index in [-0.39, 0.29) is 5.91 Å². The SMILES string of the molecule is CC1(C(=O)NCC2(O)CCOCC2)CCCCN1. The van der Waals surface area contributed by atoms with Gasteiger partial charge in [-0.15, -0.1) is 0 Å². The van der Waals surface area contributed by atoms with Gasteiger partial charge in [0.05, 0.1) is 11.1 Å². The largest absolute Gasteiger partial charge is 0.388 e. The molecule has 1 atom stereocenters. The lowest BCUT2D eigenvalue weighted by molar-refractivity contribution is -0.130. The zero-order valence-electron chi connectivity index (χ0n) is 11.1. The maximum Gasteiger partial charge on any atom is 0.240 e. The first kappa shape index (κ1) is 13.8. The second-order valence-corrected chi connectivity index (χ2v) is 5.74. The Hall–Kier alpha value is -0.650. The lowest BCUT2D eigenvalue weighted by Gasteiger charge is -2.36. The van der Waals surface area contributed by atoms with E-state index in [0.717, 1.165) is 25.8 Å². The molecule has 18 heavy (non-hydrogen) atoms. The molecule has 1 amide bonds. The number of hydrogen-bond acceptors (Lipinski definition) is 4. The van der Waals surface area contributed by atoms with Crippen LogP contribution in [0.2, 0.25) is 0 Å². The van der Waals surface area contributed by atoms with Gasteiger partial charge in [-0.25, -0.2) is 0 Å². The Kier molecular flexibility index (Phi) is 4.25. The second-order valence-electron chi connectivity index (χ2n) is 5.74. The Bertz CT molecular complexity index is 295. The average molecular weight is 256 g/mol. The summed E-state index contributed by atoms with van der Waals surface area (Å²) in [7, 11) is 0. The number of carbonyl (C=O) groups excluding carboxylic acids is 1. The molecule has 0 aliphatic carbocycles. The molecular formula is C13H24N2O3. The van der Waals surface area contributed by atoms with Crippen molar-refractivity contribution in [2.45, 2.75) is 50.2 Å². The van der Waals surface area contributed by atoms with Crippen molar-refractivity contribution in [2.75, 3.05) is 26.3 Å². The molecule has 104 valence electrons. The summed E-state index contributed by atoms with van der Waals surface area (Å²) >= 11 is 0. The summed E-state index contributed by atoms with van der Waals surface area (Å²) in [6, 6.07) is 0. The van der Waals surface area contributed by atoms with Crippen LogP contribution in [0.25, 0.3) is 0 Å². The third kappa shape index (κ3) is 3.22. The number of ether oxygens (including phenoxy) is 1. The molecule has 0 radical (unpaired) electrons. The van der Waals surface area contributed by atoms with Crippen LogP contribution >= 0.6 is 0 Å². The highest BCUT2D eigenvalue weighted by Gasteiger charge is 2.36. The van der Waals surface area contributed by atoms with Gasteiger partial charge in [0, 0.05) is 32.6 Å². The van der Waals surface area contributed by atoms with E-state index in [9.17, 15) is 9.90 Å². The molecule has 3 N–H and O–H groups in total. The number of amides is 1. The number of hydrogen-bond donors (Lipinski definition) is 3. The lowest BCUT2D eigenvalue weighted by atomic mass is 9.89. The molecule has 0 bridgehead atoms. The van der Waals surface area contributed by atoms with Crippen molar-refractivity contribution in [3.05, 3.63) is 0 Å². The van der Waals surface area contributed by atoms with E-state index < -0.39 is 11.1 Å². The normalized spacial score (nSPS) is 31.9. The van der Waals surface area contributed by atoms with Crippen LogP contribution < -0.4 is 10.6 Å². The van der Waals surface area contributed by atoms with Crippen LogP contribution in [-0.4, -0.2) is 48.5 Å². The van der Waals surface area contributed by atoms with E-state index in [1.807, 2.05) is 6.92 Å². The number of rotatable bonds is 3. The van der Waals surface area contributed by atoms with Gasteiger partial charge in [0.1, 0.15) is 0 Å². The molecule has 2 rings (SSSR count). The van der Waals surface area contributed by atoms with Crippen LogP contribution in [0.1, 0.15) is 39.0 Å². The van der Waals surface area contributed by atoms with Gasteiger partial charge in [-0.1, -0.05) is 0 Å². The van der Waals surface area contributed by atoms with Gasteiger partial charge in [-0.05, 0) is 32.7 Å². The minimum atomic E-state index is -0.793. The summed E-state index contributed by atoms with van der Waals surface area (Å²) in [5, 5.41) is 16.5. The highest BCUT2D eigenvalue weighted by molar-refractivity contribution is 5.86. The molecule has 1 unspecified atom stereocenters. The fourth-order valence-corrected chi connectivity index (χ4v) is 2.62. The zero-order chi connectivity index (χ0) is 13.1. The highest BCUT2D eigenvalue weighted by atomic mass is 16.5. The Morgan fingerprint density at radius 3 is 2.67 bits per heavy atom. The fraction of sp³-hybridized carbons (Fsp3) is 0.923. The van der Waals surface area contributed by atoms with Crippen LogP contribution in [0.3, 0.4) is 0 Å². The molecule has 2 aliphatic rings.